The minimum Gasteiger partial charge on any atom is -0.493 e. The number of aliphatic imine (C=N–C) groups is 1. The van der Waals surface area contributed by atoms with Gasteiger partial charge >= 0.3 is 0 Å². The summed E-state index contributed by atoms with van der Waals surface area (Å²) >= 11 is 8.11. The smallest absolute Gasteiger partial charge is 0.161 e. The zero-order valence-electron chi connectivity index (χ0n) is 16.2. The van der Waals surface area contributed by atoms with E-state index in [0.29, 0.717) is 6.04 Å². The van der Waals surface area contributed by atoms with Gasteiger partial charge in [-0.05, 0) is 54.5 Å². The van der Waals surface area contributed by atoms with E-state index in [-0.39, 0.29) is 0 Å². The van der Waals surface area contributed by atoms with E-state index < -0.39 is 0 Å². The molecule has 0 radical (unpaired) electrons. The van der Waals surface area contributed by atoms with Crippen molar-refractivity contribution in [1.82, 2.24) is 9.32 Å². The van der Waals surface area contributed by atoms with Crippen molar-refractivity contribution in [3.8, 4) is 11.5 Å². The molecule has 1 aliphatic carbocycles. The summed E-state index contributed by atoms with van der Waals surface area (Å²) in [4.78, 5) is 8.71. The lowest BCUT2D eigenvalue weighted by molar-refractivity contribution is 0.161. The van der Waals surface area contributed by atoms with Gasteiger partial charge in [0.1, 0.15) is 11.3 Å². The van der Waals surface area contributed by atoms with Gasteiger partial charge < -0.3 is 9.47 Å². The molecule has 28 heavy (non-hydrogen) atoms. The molecule has 2 aliphatic heterocycles. The van der Waals surface area contributed by atoms with Crippen molar-refractivity contribution in [2.24, 2.45) is 4.99 Å². The van der Waals surface area contributed by atoms with Crippen LogP contribution in [0.2, 0.25) is 0 Å². The van der Waals surface area contributed by atoms with Crippen LogP contribution in [0.1, 0.15) is 46.0 Å². The SMILES string of the molecule is COc1cc2c(cc1OC)CN(C1CCCc3sc4c(c31)CN(Cl)C=N4)CC2. The van der Waals surface area contributed by atoms with Crippen LogP contribution in [0, 0.1) is 0 Å². The fraction of sp³-hybridized carbons (Fsp3) is 0.476. The van der Waals surface area contributed by atoms with Gasteiger partial charge in [0.05, 0.1) is 20.8 Å². The molecule has 0 saturated carbocycles. The Balaban J connectivity index is 1.48. The molecule has 0 fully saturated rings. The Morgan fingerprint density at radius 3 is 2.68 bits per heavy atom. The second-order valence-electron chi connectivity index (χ2n) is 7.63. The first-order valence-corrected chi connectivity index (χ1v) is 10.9. The molecule has 1 atom stereocenters. The summed E-state index contributed by atoms with van der Waals surface area (Å²) in [7, 11) is 3.40. The molecule has 148 valence electrons. The molecule has 5 rings (SSSR count). The molecule has 0 spiro atoms. The van der Waals surface area contributed by atoms with Crippen molar-refractivity contribution in [3.05, 3.63) is 39.3 Å². The Bertz CT molecular complexity index is 942. The van der Waals surface area contributed by atoms with Crippen molar-refractivity contribution in [1.29, 1.82) is 0 Å². The average molecular weight is 418 g/mol. The first kappa shape index (κ1) is 18.3. The van der Waals surface area contributed by atoms with Crippen LogP contribution in [0.15, 0.2) is 17.1 Å². The number of halogens is 1. The predicted molar refractivity (Wildman–Crippen MR) is 113 cm³/mol. The molecule has 0 amide bonds. The second kappa shape index (κ2) is 7.25. The van der Waals surface area contributed by atoms with Gasteiger partial charge in [-0.15, -0.1) is 11.3 Å². The highest BCUT2D eigenvalue weighted by Gasteiger charge is 2.34. The number of thiophene rings is 1. The number of hydrogen-bond donors (Lipinski definition) is 0. The maximum Gasteiger partial charge on any atom is 0.161 e. The molecular formula is C21H24ClN3O2S. The van der Waals surface area contributed by atoms with E-state index in [4.69, 9.17) is 21.3 Å². The molecular weight excluding hydrogens is 394 g/mol. The summed E-state index contributed by atoms with van der Waals surface area (Å²) in [5.41, 5.74) is 5.55. The Morgan fingerprint density at radius 1 is 1.11 bits per heavy atom. The fourth-order valence-electron chi connectivity index (χ4n) is 4.79. The van der Waals surface area contributed by atoms with E-state index in [1.807, 2.05) is 11.3 Å². The molecule has 1 aromatic heterocycles. The topological polar surface area (TPSA) is 37.3 Å². The van der Waals surface area contributed by atoms with E-state index >= 15 is 0 Å². The number of aryl methyl sites for hydroxylation is 1. The molecule has 5 nitrogen and oxygen atoms in total. The van der Waals surface area contributed by atoms with Gasteiger partial charge in [-0.1, -0.05) is 0 Å². The van der Waals surface area contributed by atoms with Gasteiger partial charge in [0.15, 0.2) is 11.5 Å². The van der Waals surface area contributed by atoms with Gasteiger partial charge in [0, 0.05) is 41.3 Å². The molecule has 2 aromatic rings. The minimum absolute atomic E-state index is 0.448. The summed E-state index contributed by atoms with van der Waals surface area (Å²) in [6, 6.07) is 4.74. The summed E-state index contributed by atoms with van der Waals surface area (Å²) in [5, 5.41) is 1.15. The third kappa shape index (κ3) is 2.98. The summed E-state index contributed by atoms with van der Waals surface area (Å²) in [6.07, 6.45) is 6.37. The maximum absolute atomic E-state index is 6.26. The van der Waals surface area contributed by atoms with Crippen LogP contribution >= 0.6 is 23.1 Å². The number of hydrogen-bond acceptors (Lipinski definition) is 6. The van der Waals surface area contributed by atoms with Gasteiger partial charge in [0.25, 0.3) is 0 Å². The second-order valence-corrected chi connectivity index (χ2v) is 9.15. The van der Waals surface area contributed by atoms with E-state index in [1.54, 1.807) is 25.0 Å². The maximum atomic E-state index is 6.26. The molecule has 0 N–H and O–H groups in total. The third-order valence-corrected chi connectivity index (χ3v) is 7.54. The Morgan fingerprint density at radius 2 is 1.89 bits per heavy atom. The summed E-state index contributed by atoms with van der Waals surface area (Å²) in [5.74, 6) is 1.63. The van der Waals surface area contributed by atoms with Crippen LogP contribution in [0.4, 0.5) is 5.00 Å². The van der Waals surface area contributed by atoms with Crippen molar-refractivity contribution >= 4 is 34.5 Å². The van der Waals surface area contributed by atoms with Crippen LogP contribution in [-0.2, 0) is 25.9 Å². The Kier molecular flexibility index (Phi) is 4.73. The Hall–Kier alpha value is -1.76. The highest BCUT2D eigenvalue weighted by molar-refractivity contribution is 7.16. The molecule has 7 heteroatoms. The number of methoxy groups -OCH3 is 2. The van der Waals surface area contributed by atoms with Crippen molar-refractivity contribution < 1.29 is 9.47 Å². The molecule has 1 unspecified atom stereocenters. The fourth-order valence-corrected chi connectivity index (χ4v) is 6.20. The predicted octanol–water partition coefficient (Wildman–Crippen LogP) is 4.83. The highest BCUT2D eigenvalue weighted by Crippen LogP contribution is 2.48. The van der Waals surface area contributed by atoms with Crippen LogP contribution in [-0.4, -0.2) is 36.4 Å². The average Bonchev–Trinajstić information content (AvgIpc) is 3.10. The number of rotatable bonds is 3. The number of ether oxygens (including phenoxy) is 2. The minimum atomic E-state index is 0.448. The number of benzene rings is 1. The van der Waals surface area contributed by atoms with Gasteiger partial charge in [-0.3, -0.25) is 9.32 Å². The monoisotopic (exact) mass is 417 g/mol. The van der Waals surface area contributed by atoms with E-state index in [0.717, 1.165) is 49.0 Å². The Labute approximate surface area is 174 Å². The lowest BCUT2D eigenvalue weighted by Gasteiger charge is -2.39. The molecule has 3 aliphatic rings. The van der Waals surface area contributed by atoms with Crippen LogP contribution in [0.25, 0.3) is 0 Å². The number of nitrogens with zero attached hydrogens (tertiary/aromatic N) is 3. The van der Waals surface area contributed by atoms with Gasteiger partial charge in [-0.25, -0.2) is 4.99 Å². The van der Waals surface area contributed by atoms with Crippen LogP contribution in [0.5, 0.6) is 11.5 Å². The molecule has 0 bridgehead atoms. The normalized spacial score (nSPS) is 21.1. The highest BCUT2D eigenvalue weighted by atomic mass is 35.5. The zero-order valence-corrected chi connectivity index (χ0v) is 17.8. The third-order valence-electron chi connectivity index (χ3n) is 6.12. The van der Waals surface area contributed by atoms with Crippen LogP contribution in [0.3, 0.4) is 0 Å². The standard InChI is InChI=1S/C21H24ClN3O2S/c1-26-17-8-13-6-7-24(10-14(13)9-18(17)27-2)16-4-3-5-19-20(16)15-11-25(22)12-23-21(15)28-19/h8-9,12,16H,3-7,10-11H2,1-2H3. The first-order valence-electron chi connectivity index (χ1n) is 9.76. The number of fused-ring (bicyclic) bond motifs is 4. The zero-order chi connectivity index (χ0) is 19.3. The molecule has 0 saturated heterocycles. The van der Waals surface area contributed by atoms with E-state index in [2.05, 4.69) is 22.0 Å². The first-order chi connectivity index (χ1) is 13.7. The summed E-state index contributed by atoms with van der Waals surface area (Å²) in [6.45, 7) is 2.75. The lowest BCUT2D eigenvalue weighted by atomic mass is 9.87. The van der Waals surface area contributed by atoms with Crippen molar-refractivity contribution in [3.63, 3.8) is 0 Å². The van der Waals surface area contributed by atoms with Crippen molar-refractivity contribution in [2.75, 3.05) is 20.8 Å². The van der Waals surface area contributed by atoms with E-state index in [9.17, 15) is 0 Å². The van der Waals surface area contributed by atoms with E-state index in [1.165, 1.54) is 40.0 Å². The largest absolute Gasteiger partial charge is 0.493 e. The summed E-state index contributed by atoms with van der Waals surface area (Å²) < 4.78 is 12.7. The lowest BCUT2D eigenvalue weighted by Crippen LogP contribution is -2.36. The van der Waals surface area contributed by atoms with Gasteiger partial charge in [0.2, 0.25) is 0 Å². The van der Waals surface area contributed by atoms with Gasteiger partial charge in [-0.2, -0.15) is 0 Å². The quantitative estimate of drug-likeness (QED) is 0.670. The van der Waals surface area contributed by atoms with Crippen LogP contribution < -0.4 is 9.47 Å². The van der Waals surface area contributed by atoms with Crippen molar-refractivity contribution in [2.45, 2.75) is 44.8 Å². The molecule has 1 aromatic carbocycles. The molecule has 3 heterocycles.